The van der Waals surface area contributed by atoms with E-state index in [0.29, 0.717) is 13.1 Å². The first-order valence-electron chi connectivity index (χ1n) is 10.3. The minimum absolute atomic E-state index is 0.0116. The Kier molecular flexibility index (Phi) is 5.66. The number of hydrogen-bond donors (Lipinski definition) is 1. The van der Waals surface area contributed by atoms with Crippen LogP contribution in [0.25, 0.3) is 0 Å². The van der Waals surface area contributed by atoms with Crippen molar-refractivity contribution in [2.75, 3.05) is 0 Å². The van der Waals surface area contributed by atoms with Crippen LogP contribution in [0.4, 0.5) is 0 Å². The van der Waals surface area contributed by atoms with Crippen molar-refractivity contribution in [2.45, 2.75) is 39.4 Å². The lowest BCUT2D eigenvalue weighted by Gasteiger charge is -2.28. The van der Waals surface area contributed by atoms with Gasteiger partial charge >= 0.3 is 0 Å². The molecule has 4 nitrogen and oxygen atoms in total. The molecule has 0 unspecified atom stereocenters. The highest BCUT2D eigenvalue weighted by atomic mass is 16.2. The van der Waals surface area contributed by atoms with Gasteiger partial charge in [0.05, 0.1) is 12.5 Å². The molecule has 3 aromatic rings. The van der Waals surface area contributed by atoms with Gasteiger partial charge < -0.3 is 10.2 Å². The molecule has 3 aromatic carbocycles. The second-order valence-electron chi connectivity index (χ2n) is 7.98. The van der Waals surface area contributed by atoms with Gasteiger partial charge in [-0.2, -0.15) is 0 Å². The van der Waals surface area contributed by atoms with Gasteiger partial charge in [0.15, 0.2) is 0 Å². The number of aryl methyl sites for hydroxylation is 2. The summed E-state index contributed by atoms with van der Waals surface area (Å²) in [7, 11) is 0. The Morgan fingerprint density at radius 2 is 1.57 bits per heavy atom. The van der Waals surface area contributed by atoms with Gasteiger partial charge in [-0.15, -0.1) is 0 Å². The average molecular weight is 399 g/mol. The van der Waals surface area contributed by atoms with Gasteiger partial charge in [0.1, 0.15) is 0 Å². The Morgan fingerprint density at radius 1 is 0.933 bits per heavy atom. The Bertz CT molecular complexity index is 1060. The van der Waals surface area contributed by atoms with Crippen LogP contribution in [-0.2, 0) is 17.9 Å². The lowest BCUT2D eigenvalue weighted by molar-refractivity contribution is -0.122. The number of fused-ring (bicyclic) bond motifs is 1. The molecule has 0 saturated heterocycles. The van der Waals surface area contributed by atoms with Crippen LogP contribution in [0.15, 0.2) is 72.8 Å². The summed E-state index contributed by atoms with van der Waals surface area (Å²) in [4.78, 5) is 27.7. The topological polar surface area (TPSA) is 49.4 Å². The van der Waals surface area contributed by atoms with Gasteiger partial charge in [-0.1, -0.05) is 77.9 Å². The first-order valence-corrected chi connectivity index (χ1v) is 10.3. The van der Waals surface area contributed by atoms with E-state index in [9.17, 15) is 9.59 Å². The van der Waals surface area contributed by atoms with Gasteiger partial charge in [0, 0.05) is 18.7 Å². The SMILES string of the molecule is Cc1ccc(CNC(=O)C[C@H](c2ccc(C)cc2)N2Cc3ccccc3C2=O)cc1. The zero-order chi connectivity index (χ0) is 21.1. The molecule has 1 heterocycles. The summed E-state index contributed by atoms with van der Waals surface area (Å²) >= 11 is 0. The third kappa shape index (κ3) is 4.28. The monoisotopic (exact) mass is 398 g/mol. The standard InChI is InChI=1S/C26H26N2O2/c1-18-7-11-20(12-8-18)16-27-25(29)15-24(21-13-9-19(2)10-14-21)28-17-22-5-3-4-6-23(22)26(28)30/h3-14,24H,15-17H2,1-2H3,(H,27,29)/t24-/m1/s1. The second-order valence-corrected chi connectivity index (χ2v) is 7.98. The zero-order valence-corrected chi connectivity index (χ0v) is 17.4. The van der Waals surface area contributed by atoms with Crippen LogP contribution in [-0.4, -0.2) is 16.7 Å². The van der Waals surface area contributed by atoms with Crippen molar-refractivity contribution in [3.63, 3.8) is 0 Å². The van der Waals surface area contributed by atoms with E-state index in [-0.39, 0.29) is 24.3 Å². The smallest absolute Gasteiger partial charge is 0.255 e. The van der Waals surface area contributed by atoms with E-state index in [2.05, 4.69) is 5.32 Å². The van der Waals surface area contributed by atoms with Crippen molar-refractivity contribution in [3.8, 4) is 0 Å². The van der Waals surface area contributed by atoms with Crippen LogP contribution in [0.2, 0.25) is 0 Å². The van der Waals surface area contributed by atoms with Crippen molar-refractivity contribution in [1.29, 1.82) is 0 Å². The lowest BCUT2D eigenvalue weighted by Crippen LogP contribution is -2.34. The molecule has 2 amide bonds. The molecule has 30 heavy (non-hydrogen) atoms. The molecule has 0 fully saturated rings. The van der Waals surface area contributed by atoms with Gasteiger partial charge in [-0.05, 0) is 36.6 Å². The van der Waals surface area contributed by atoms with E-state index in [1.54, 1.807) is 0 Å². The highest BCUT2D eigenvalue weighted by Crippen LogP contribution is 2.33. The summed E-state index contributed by atoms with van der Waals surface area (Å²) in [6, 6.07) is 23.6. The Labute approximate surface area is 177 Å². The average Bonchev–Trinajstić information content (AvgIpc) is 3.09. The van der Waals surface area contributed by atoms with Crippen molar-refractivity contribution in [1.82, 2.24) is 10.2 Å². The van der Waals surface area contributed by atoms with Crippen LogP contribution in [0.3, 0.4) is 0 Å². The number of carbonyl (C=O) groups is 2. The molecule has 4 heteroatoms. The molecular weight excluding hydrogens is 372 g/mol. The van der Waals surface area contributed by atoms with E-state index < -0.39 is 0 Å². The van der Waals surface area contributed by atoms with Gasteiger partial charge in [0.25, 0.3) is 5.91 Å². The summed E-state index contributed by atoms with van der Waals surface area (Å²) in [6.45, 7) is 5.08. The van der Waals surface area contributed by atoms with Crippen LogP contribution in [0.5, 0.6) is 0 Å². The van der Waals surface area contributed by atoms with Crippen LogP contribution in [0.1, 0.15) is 50.6 Å². The summed E-state index contributed by atoms with van der Waals surface area (Å²) in [5.74, 6) is -0.0765. The number of nitrogens with zero attached hydrogens (tertiary/aromatic N) is 1. The van der Waals surface area contributed by atoms with Crippen molar-refractivity contribution in [2.24, 2.45) is 0 Å². The number of nitrogens with one attached hydrogen (secondary N) is 1. The fourth-order valence-electron chi connectivity index (χ4n) is 3.88. The largest absolute Gasteiger partial charge is 0.352 e. The second kappa shape index (κ2) is 8.54. The van der Waals surface area contributed by atoms with Gasteiger partial charge in [-0.3, -0.25) is 9.59 Å². The molecule has 0 saturated carbocycles. The van der Waals surface area contributed by atoms with E-state index in [0.717, 1.165) is 27.8 Å². The molecule has 1 atom stereocenters. The van der Waals surface area contributed by atoms with E-state index in [1.807, 2.05) is 91.5 Å². The number of amides is 2. The van der Waals surface area contributed by atoms with Crippen molar-refractivity contribution < 1.29 is 9.59 Å². The van der Waals surface area contributed by atoms with Crippen LogP contribution < -0.4 is 5.32 Å². The highest BCUT2D eigenvalue weighted by Gasteiger charge is 2.34. The Morgan fingerprint density at radius 3 is 2.23 bits per heavy atom. The maximum Gasteiger partial charge on any atom is 0.255 e. The lowest BCUT2D eigenvalue weighted by atomic mass is 10.00. The molecule has 0 spiro atoms. The highest BCUT2D eigenvalue weighted by molar-refractivity contribution is 5.98. The predicted molar refractivity (Wildman–Crippen MR) is 118 cm³/mol. The van der Waals surface area contributed by atoms with Crippen molar-refractivity contribution in [3.05, 3.63) is 106 Å². The van der Waals surface area contributed by atoms with Crippen molar-refractivity contribution >= 4 is 11.8 Å². The number of rotatable bonds is 6. The first kappa shape index (κ1) is 19.9. The quantitative estimate of drug-likeness (QED) is 0.654. The molecule has 1 N–H and O–H groups in total. The maximum atomic E-state index is 13.1. The van der Waals surface area contributed by atoms with E-state index in [1.165, 1.54) is 5.56 Å². The third-order valence-corrected chi connectivity index (χ3v) is 5.68. The molecule has 0 aliphatic carbocycles. The van der Waals surface area contributed by atoms with Gasteiger partial charge in [-0.25, -0.2) is 0 Å². The summed E-state index contributed by atoms with van der Waals surface area (Å²) in [5.41, 5.74) is 6.13. The molecule has 1 aliphatic rings. The molecular formula is C26H26N2O2. The fraction of sp³-hybridized carbons (Fsp3) is 0.231. The number of benzene rings is 3. The summed E-state index contributed by atoms with van der Waals surface area (Å²) < 4.78 is 0. The minimum atomic E-state index is -0.302. The molecule has 4 rings (SSSR count). The van der Waals surface area contributed by atoms with E-state index in [4.69, 9.17) is 0 Å². The normalized spacial score (nSPS) is 13.8. The molecule has 1 aliphatic heterocycles. The summed E-state index contributed by atoms with van der Waals surface area (Å²) in [5, 5.41) is 3.01. The van der Waals surface area contributed by atoms with Crippen LogP contribution in [0, 0.1) is 13.8 Å². The van der Waals surface area contributed by atoms with E-state index >= 15 is 0 Å². The fourth-order valence-corrected chi connectivity index (χ4v) is 3.88. The molecule has 0 radical (unpaired) electrons. The zero-order valence-electron chi connectivity index (χ0n) is 17.4. The molecule has 0 bridgehead atoms. The number of hydrogen-bond acceptors (Lipinski definition) is 2. The Balaban J connectivity index is 1.52. The number of carbonyl (C=O) groups excluding carboxylic acids is 2. The molecule has 0 aromatic heterocycles. The van der Waals surface area contributed by atoms with Crippen LogP contribution >= 0.6 is 0 Å². The predicted octanol–water partition coefficient (Wildman–Crippen LogP) is 4.71. The minimum Gasteiger partial charge on any atom is -0.352 e. The third-order valence-electron chi connectivity index (χ3n) is 5.68. The summed E-state index contributed by atoms with van der Waals surface area (Å²) in [6.07, 6.45) is 0.231. The Hall–Kier alpha value is -3.40. The molecule has 152 valence electrons. The first-order chi connectivity index (χ1) is 14.5. The van der Waals surface area contributed by atoms with Gasteiger partial charge in [0.2, 0.25) is 5.91 Å². The maximum absolute atomic E-state index is 13.1.